The number of methoxy groups -OCH3 is 1. The molecule has 1 aliphatic rings. The molecule has 0 saturated heterocycles. The molecule has 0 bridgehead atoms. The van der Waals surface area contributed by atoms with Gasteiger partial charge in [-0.15, -0.1) is 0 Å². The number of aryl methyl sites for hydroxylation is 1. The summed E-state index contributed by atoms with van der Waals surface area (Å²) in [6, 6.07) is 2.54. The van der Waals surface area contributed by atoms with E-state index in [9.17, 15) is 0 Å². The van der Waals surface area contributed by atoms with E-state index in [1.165, 1.54) is 0 Å². The lowest BCUT2D eigenvalue weighted by Crippen LogP contribution is -2.29. The highest BCUT2D eigenvalue weighted by atomic mass is 35.5. The zero-order valence-electron chi connectivity index (χ0n) is 10.4. The van der Waals surface area contributed by atoms with Crippen LogP contribution in [0.1, 0.15) is 31.2 Å². The summed E-state index contributed by atoms with van der Waals surface area (Å²) in [6.45, 7) is 2.02. The SMILES string of the molecule is COC1CCC(Nc2cc(C)cnc2Cl)CC1. The van der Waals surface area contributed by atoms with Gasteiger partial charge < -0.3 is 10.1 Å². The van der Waals surface area contributed by atoms with E-state index in [2.05, 4.69) is 16.4 Å². The van der Waals surface area contributed by atoms with Crippen LogP contribution in [0.25, 0.3) is 0 Å². The number of halogens is 1. The summed E-state index contributed by atoms with van der Waals surface area (Å²) in [6.07, 6.45) is 6.70. The first kappa shape index (κ1) is 12.7. The lowest BCUT2D eigenvalue weighted by atomic mass is 9.93. The molecule has 0 aliphatic heterocycles. The van der Waals surface area contributed by atoms with Crippen LogP contribution in [-0.4, -0.2) is 24.2 Å². The molecule has 1 N–H and O–H groups in total. The normalized spacial score (nSPS) is 24.6. The van der Waals surface area contributed by atoms with Crippen molar-refractivity contribution in [1.82, 2.24) is 4.98 Å². The van der Waals surface area contributed by atoms with Gasteiger partial charge in [0.15, 0.2) is 5.15 Å². The molecular weight excluding hydrogens is 236 g/mol. The lowest BCUT2D eigenvalue weighted by Gasteiger charge is -2.29. The quantitative estimate of drug-likeness (QED) is 0.840. The molecule has 4 heteroatoms. The van der Waals surface area contributed by atoms with E-state index in [0.717, 1.165) is 36.9 Å². The molecule has 0 atom stereocenters. The Morgan fingerprint density at radius 2 is 2.06 bits per heavy atom. The topological polar surface area (TPSA) is 34.1 Å². The Bertz CT molecular complexity index is 376. The minimum absolute atomic E-state index is 0.430. The predicted octanol–water partition coefficient (Wildman–Crippen LogP) is 3.41. The highest BCUT2D eigenvalue weighted by Gasteiger charge is 2.21. The number of nitrogens with zero attached hydrogens (tertiary/aromatic N) is 1. The van der Waals surface area contributed by atoms with Crippen molar-refractivity contribution >= 4 is 17.3 Å². The maximum atomic E-state index is 6.07. The molecule has 1 fully saturated rings. The number of ether oxygens (including phenoxy) is 1. The first-order chi connectivity index (χ1) is 8.19. The Kier molecular flexibility index (Phi) is 4.24. The van der Waals surface area contributed by atoms with Crippen molar-refractivity contribution in [2.24, 2.45) is 0 Å². The average Bonchev–Trinajstić information content (AvgIpc) is 2.35. The Morgan fingerprint density at radius 1 is 1.35 bits per heavy atom. The van der Waals surface area contributed by atoms with Gasteiger partial charge in [-0.3, -0.25) is 0 Å². The number of rotatable bonds is 3. The second kappa shape index (κ2) is 5.69. The molecule has 94 valence electrons. The first-order valence-corrected chi connectivity index (χ1v) is 6.48. The van der Waals surface area contributed by atoms with E-state index >= 15 is 0 Å². The molecule has 0 radical (unpaired) electrons. The second-order valence-electron chi connectivity index (χ2n) is 4.70. The van der Waals surface area contributed by atoms with Gasteiger partial charge in [-0.2, -0.15) is 0 Å². The Hall–Kier alpha value is -0.800. The monoisotopic (exact) mass is 254 g/mol. The van der Waals surface area contributed by atoms with Gasteiger partial charge in [0.05, 0.1) is 11.8 Å². The Balaban J connectivity index is 1.95. The molecule has 0 spiro atoms. The predicted molar refractivity (Wildman–Crippen MR) is 70.7 cm³/mol. The maximum Gasteiger partial charge on any atom is 0.152 e. The zero-order valence-corrected chi connectivity index (χ0v) is 11.1. The van der Waals surface area contributed by atoms with Gasteiger partial charge in [-0.25, -0.2) is 4.98 Å². The fourth-order valence-corrected chi connectivity index (χ4v) is 2.47. The van der Waals surface area contributed by atoms with Crippen LogP contribution in [0.5, 0.6) is 0 Å². The third-order valence-corrected chi connectivity index (χ3v) is 3.64. The van der Waals surface area contributed by atoms with Crippen LogP contribution in [0, 0.1) is 6.92 Å². The summed E-state index contributed by atoms with van der Waals surface area (Å²) in [4.78, 5) is 4.15. The summed E-state index contributed by atoms with van der Waals surface area (Å²) < 4.78 is 5.37. The van der Waals surface area contributed by atoms with E-state index in [-0.39, 0.29) is 0 Å². The standard InChI is InChI=1S/C13H19ClN2O/c1-9-7-12(13(14)15-8-9)16-10-3-5-11(17-2)6-4-10/h7-8,10-11,16H,3-6H2,1-2H3. The molecule has 1 heterocycles. The molecule has 0 aromatic carbocycles. The van der Waals surface area contributed by atoms with Crippen molar-refractivity contribution in [2.75, 3.05) is 12.4 Å². The van der Waals surface area contributed by atoms with E-state index in [0.29, 0.717) is 17.3 Å². The summed E-state index contributed by atoms with van der Waals surface area (Å²) in [7, 11) is 1.79. The van der Waals surface area contributed by atoms with Crippen LogP contribution in [0.15, 0.2) is 12.3 Å². The van der Waals surface area contributed by atoms with Crippen LogP contribution in [-0.2, 0) is 4.74 Å². The van der Waals surface area contributed by atoms with Crippen LogP contribution >= 0.6 is 11.6 Å². The molecule has 3 nitrogen and oxygen atoms in total. The largest absolute Gasteiger partial charge is 0.381 e. The second-order valence-corrected chi connectivity index (χ2v) is 5.06. The zero-order chi connectivity index (χ0) is 12.3. The Morgan fingerprint density at radius 3 is 2.71 bits per heavy atom. The fraction of sp³-hybridized carbons (Fsp3) is 0.615. The minimum Gasteiger partial charge on any atom is -0.381 e. The molecule has 2 rings (SSSR count). The molecule has 1 aliphatic carbocycles. The van der Waals surface area contributed by atoms with Gasteiger partial charge in [0.25, 0.3) is 0 Å². The number of hydrogen-bond donors (Lipinski definition) is 1. The molecule has 17 heavy (non-hydrogen) atoms. The lowest BCUT2D eigenvalue weighted by molar-refractivity contribution is 0.0682. The third kappa shape index (κ3) is 3.33. The number of anilines is 1. The number of hydrogen-bond acceptors (Lipinski definition) is 3. The van der Waals surface area contributed by atoms with Crippen molar-refractivity contribution in [1.29, 1.82) is 0 Å². The van der Waals surface area contributed by atoms with Crippen LogP contribution in [0.3, 0.4) is 0 Å². The van der Waals surface area contributed by atoms with E-state index in [1.807, 2.05) is 6.92 Å². The van der Waals surface area contributed by atoms with Crippen LogP contribution < -0.4 is 5.32 Å². The van der Waals surface area contributed by atoms with E-state index in [4.69, 9.17) is 16.3 Å². The van der Waals surface area contributed by atoms with Crippen LogP contribution in [0.2, 0.25) is 5.15 Å². The van der Waals surface area contributed by atoms with Crippen molar-refractivity contribution in [3.63, 3.8) is 0 Å². The summed E-state index contributed by atoms with van der Waals surface area (Å²) in [5.41, 5.74) is 2.08. The fourth-order valence-electron chi connectivity index (χ4n) is 2.32. The summed E-state index contributed by atoms with van der Waals surface area (Å²) in [5.74, 6) is 0. The molecule has 1 aromatic rings. The number of pyridine rings is 1. The van der Waals surface area contributed by atoms with Crippen LogP contribution in [0.4, 0.5) is 5.69 Å². The number of aromatic nitrogens is 1. The van der Waals surface area contributed by atoms with Crippen molar-refractivity contribution in [3.8, 4) is 0 Å². The smallest absolute Gasteiger partial charge is 0.152 e. The minimum atomic E-state index is 0.430. The van der Waals surface area contributed by atoms with Gasteiger partial charge in [-0.05, 0) is 44.2 Å². The Labute approximate surface area is 108 Å². The highest BCUT2D eigenvalue weighted by Crippen LogP contribution is 2.26. The average molecular weight is 255 g/mol. The van der Waals surface area contributed by atoms with Gasteiger partial charge in [-0.1, -0.05) is 11.6 Å². The maximum absolute atomic E-state index is 6.07. The molecule has 0 unspecified atom stereocenters. The molecular formula is C13H19ClN2O. The summed E-state index contributed by atoms with van der Waals surface area (Å²) >= 11 is 6.07. The van der Waals surface area contributed by atoms with Gasteiger partial charge in [0.2, 0.25) is 0 Å². The van der Waals surface area contributed by atoms with E-state index < -0.39 is 0 Å². The highest BCUT2D eigenvalue weighted by molar-refractivity contribution is 6.31. The number of nitrogens with one attached hydrogen (secondary N) is 1. The summed E-state index contributed by atoms with van der Waals surface area (Å²) in [5, 5.41) is 4.04. The van der Waals surface area contributed by atoms with Crippen molar-refractivity contribution in [3.05, 3.63) is 23.0 Å². The molecule has 1 aromatic heterocycles. The van der Waals surface area contributed by atoms with Gasteiger partial charge in [0.1, 0.15) is 0 Å². The third-order valence-electron chi connectivity index (χ3n) is 3.34. The van der Waals surface area contributed by atoms with Crippen molar-refractivity contribution in [2.45, 2.75) is 44.8 Å². The molecule has 0 amide bonds. The molecule has 1 saturated carbocycles. The van der Waals surface area contributed by atoms with Crippen molar-refractivity contribution < 1.29 is 4.74 Å². The van der Waals surface area contributed by atoms with Gasteiger partial charge >= 0.3 is 0 Å². The van der Waals surface area contributed by atoms with E-state index in [1.54, 1.807) is 13.3 Å². The first-order valence-electron chi connectivity index (χ1n) is 6.10. The van der Waals surface area contributed by atoms with Gasteiger partial charge in [0, 0.05) is 19.3 Å².